The summed E-state index contributed by atoms with van der Waals surface area (Å²) in [6, 6.07) is 9.81. The van der Waals surface area contributed by atoms with E-state index in [1.54, 1.807) is 11.3 Å². The molecule has 7 nitrogen and oxygen atoms in total. The van der Waals surface area contributed by atoms with Crippen molar-refractivity contribution in [1.29, 1.82) is 0 Å². The highest BCUT2D eigenvalue weighted by atomic mass is 32.1. The summed E-state index contributed by atoms with van der Waals surface area (Å²) in [6.45, 7) is 8.51. The smallest absolute Gasteiger partial charge is 0.251 e. The van der Waals surface area contributed by atoms with E-state index in [4.69, 9.17) is 9.72 Å². The van der Waals surface area contributed by atoms with E-state index >= 15 is 0 Å². The predicted octanol–water partition coefficient (Wildman–Crippen LogP) is 4.66. The number of nitrogens with zero attached hydrogens (tertiary/aromatic N) is 2. The SMILES string of the molecule is CCC(CC)n1c(Cc2cccs2)nc2cc(C(=O)N[C@@H](CC(C)C)[C@H](O)CC3OC3O)ccc21. The maximum Gasteiger partial charge on any atom is 0.251 e. The van der Waals surface area contributed by atoms with E-state index in [1.165, 1.54) is 4.88 Å². The van der Waals surface area contributed by atoms with Gasteiger partial charge < -0.3 is 24.8 Å². The molecule has 190 valence electrons. The maximum atomic E-state index is 13.2. The average Bonchev–Trinajstić information content (AvgIpc) is 3.18. The van der Waals surface area contributed by atoms with Crippen LogP contribution in [-0.4, -0.2) is 50.2 Å². The lowest BCUT2D eigenvalue weighted by Crippen LogP contribution is -2.44. The van der Waals surface area contributed by atoms with Crippen molar-refractivity contribution in [1.82, 2.24) is 14.9 Å². The molecule has 1 aliphatic heterocycles. The maximum absolute atomic E-state index is 13.2. The summed E-state index contributed by atoms with van der Waals surface area (Å²) >= 11 is 1.73. The van der Waals surface area contributed by atoms with Gasteiger partial charge in [-0.25, -0.2) is 4.98 Å². The molecule has 1 saturated heterocycles. The third-order valence-corrected chi connectivity index (χ3v) is 7.66. The number of ether oxygens (including phenoxy) is 1. The second-order valence-corrected chi connectivity index (χ2v) is 10.9. The largest absolute Gasteiger partial charge is 0.391 e. The Morgan fingerprint density at radius 2 is 2.00 bits per heavy atom. The molecule has 0 radical (unpaired) electrons. The Balaban J connectivity index is 1.59. The van der Waals surface area contributed by atoms with Gasteiger partial charge in [0.25, 0.3) is 5.91 Å². The van der Waals surface area contributed by atoms with Crippen molar-refractivity contribution >= 4 is 28.3 Å². The van der Waals surface area contributed by atoms with E-state index in [-0.39, 0.29) is 17.9 Å². The number of benzene rings is 1. The van der Waals surface area contributed by atoms with Gasteiger partial charge in [-0.05, 0) is 54.8 Å². The molecule has 0 spiro atoms. The molecule has 3 heterocycles. The number of aliphatic hydroxyl groups is 2. The number of epoxide rings is 1. The predicted molar refractivity (Wildman–Crippen MR) is 139 cm³/mol. The standard InChI is InChI=1S/C27H37N3O4S/c1-5-18(6-2)30-22-10-9-17(13-20(22)28-25(30)14-19-8-7-11-35-19)26(32)29-21(12-16(3)4)23(31)15-24-27(33)34-24/h7-11,13,16,18,21,23-24,27,31,33H,5-6,12,14-15H2,1-4H3,(H,29,32)/t21-,23+,24?,27?/m0/s1. The molecule has 1 fully saturated rings. The van der Waals surface area contributed by atoms with Crippen molar-refractivity contribution in [3.63, 3.8) is 0 Å². The minimum Gasteiger partial charge on any atom is -0.391 e. The summed E-state index contributed by atoms with van der Waals surface area (Å²) in [7, 11) is 0. The average molecular weight is 500 g/mol. The lowest BCUT2D eigenvalue weighted by Gasteiger charge is -2.25. The van der Waals surface area contributed by atoms with Crippen molar-refractivity contribution < 1.29 is 19.7 Å². The number of fused-ring (bicyclic) bond motifs is 1. The first-order chi connectivity index (χ1) is 16.8. The summed E-state index contributed by atoms with van der Waals surface area (Å²) in [5.74, 6) is 1.08. The number of rotatable bonds is 12. The van der Waals surface area contributed by atoms with Gasteiger partial charge in [-0.1, -0.05) is 33.8 Å². The number of aromatic nitrogens is 2. The third kappa shape index (κ3) is 6.12. The highest BCUT2D eigenvalue weighted by Gasteiger charge is 2.40. The van der Waals surface area contributed by atoms with Crippen LogP contribution in [0, 0.1) is 5.92 Å². The zero-order valence-corrected chi connectivity index (χ0v) is 21.8. The van der Waals surface area contributed by atoms with Gasteiger partial charge in [-0.3, -0.25) is 4.79 Å². The molecule has 8 heteroatoms. The van der Waals surface area contributed by atoms with E-state index in [2.05, 4.69) is 55.1 Å². The van der Waals surface area contributed by atoms with Crippen molar-refractivity contribution in [3.8, 4) is 0 Å². The second kappa shape index (κ2) is 11.2. The molecule has 0 saturated carbocycles. The Bertz CT molecular complexity index is 1120. The van der Waals surface area contributed by atoms with Gasteiger partial charge in [0.15, 0.2) is 6.29 Å². The number of imidazole rings is 1. The first-order valence-electron chi connectivity index (χ1n) is 12.7. The quantitative estimate of drug-likeness (QED) is 0.315. The number of thiophene rings is 1. The molecule has 2 unspecified atom stereocenters. The van der Waals surface area contributed by atoms with Crippen LogP contribution in [0.2, 0.25) is 0 Å². The zero-order valence-electron chi connectivity index (χ0n) is 21.0. The van der Waals surface area contributed by atoms with Crippen LogP contribution in [0.5, 0.6) is 0 Å². The van der Waals surface area contributed by atoms with Crippen LogP contribution in [0.3, 0.4) is 0 Å². The molecule has 0 bridgehead atoms. The Hall–Kier alpha value is -2.26. The summed E-state index contributed by atoms with van der Waals surface area (Å²) < 4.78 is 7.38. The summed E-state index contributed by atoms with van der Waals surface area (Å²) in [6.07, 6.45) is 1.75. The molecule has 3 aromatic rings. The van der Waals surface area contributed by atoms with Crippen LogP contribution in [0.25, 0.3) is 11.0 Å². The normalized spacial score (nSPS) is 19.4. The Kier molecular flexibility index (Phi) is 8.27. The van der Waals surface area contributed by atoms with Crippen LogP contribution in [0.15, 0.2) is 35.7 Å². The highest BCUT2D eigenvalue weighted by molar-refractivity contribution is 7.09. The number of amides is 1. The molecule has 35 heavy (non-hydrogen) atoms. The van der Waals surface area contributed by atoms with Crippen LogP contribution in [0.4, 0.5) is 0 Å². The minimum atomic E-state index is -0.809. The van der Waals surface area contributed by atoms with E-state index in [0.29, 0.717) is 24.4 Å². The van der Waals surface area contributed by atoms with Gasteiger partial charge in [0, 0.05) is 29.3 Å². The van der Waals surface area contributed by atoms with Gasteiger partial charge in [0.2, 0.25) is 0 Å². The molecule has 2 aromatic heterocycles. The second-order valence-electron chi connectivity index (χ2n) is 9.91. The molecular weight excluding hydrogens is 462 g/mol. The van der Waals surface area contributed by atoms with E-state index in [1.807, 2.05) is 18.2 Å². The lowest BCUT2D eigenvalue weighted by molar-refractivity contribution is 0.0754. The summed E-state index contributed by atoms with van der Waals surface area (Å²) in [4.78, 5) is 19.4. The van der Waals surface area contributed by atoms with Crippen LogP contribution < -0.4 is 5.32 Å². The zero-order chi connectivity index (χ0) is 25.1. The molecule has 1 aliphatic rings. The molecule has 0 aliphatic carbocycles. The third-order valence-electron chi connectivity index (χ3n) is 6.78. The van der Waals surface area contributed by atoms with Crippen molar-refractivity contribution in [2.75, 3.05) is 0 Å². The van der Waals surface area contributed by atoms with Gasteiger partial charge in [-0.15, -0.1) is 11.3 Å². The molecule has 1 aromatic carbocycles. The molecule has 1 amide bonds. The van der Waals surface area contributed by atoms with Gasteiger partial charge in [-0.2, -0.15) is 0 Å². The Labute approximate surface area is 211 Å². The lowest BCUT2D eigenvalue weighted by atomic mass is 9.96. The van der Waals surface area contributed by atoms with Crippen LogP contribution >= 0.6 is 11.3 Å². The van der Waals surface area contributed by atoms with Crippen molar-refractivity contribution in [3.05, 3.63) is 52.0 Å². The number of aliphatic hydroxyl groups excluding tert-OH is 2. The van der Waals surface area contributed by atoms with Crippen molar-refractivity contribution in [2.45, 2.75) is 90.4 Å². The van der Waals surface area contributed by atoms with Crippen molar-refractivity contribution in [2.24, 2.45) is 5.92 Å². The number of hydrogen-bond donors (Lipinski definition) is 3. The van der Waals surface area contributed by atoms with Crippen LogP contribution in [0.1, 0.15) is 80.5 Å². The molecular formula is C27H37N3O4S. The van der Waals surface area contributed by atoms with Gasteiger partial charge in [0.05, 0.1) is 23.2 Å². The van der Waals surface area contributed by atoms with Gasteiger partial charge in [0.1, 0.15) is 11.9 Å². The number of hydrogen-bond acceptors (Lipinski definition) is 6. The van der Waals surface area contributed by atoms with Crippen LogP contribution in [-0.2, 0) is 11.2 Å². The minimum absolute atomic E-state index is 0.231. The summed E-state index contributed by atoms with van der Waals surface area (Å²) in [5.41, 5.74) is 2.38. The van der Waals surface area contributed by atoms with E-state index < -0.39 is 18.4 Å². The molecule has 4 atom stereocenters. The summed E-state index contributed by atoms with van der Waals surface area (Å²) in [5, 5.41) is 25.3. The fourth-order valence-electron chi connectivity index (χ4n) is 4.82. The van der Waals surface area contributed by atoms with Gasteiger partial charge >= 0.3 is 0 Å². The van der Waals surface area contributed by atoms with E-state index in [0.717, 1.165) is 36.1 Å². The first kappa shape index (κ1) is 25.8. The fraction of sp³-hybridized carbons (Fsp3) is 0.556. The molecule has 3 N–H and O–H groups in total. The first-order valence-corrected chi connectivity index (χ1v) is 13.5. The monoisotopic (exact) mass is 499 g/mol. The number of carbonyl (C=O) groups is 1. The fourth-order valence-corrected chi connectivity index (χ4v) is 5.53. The Morgan fingerprint density at radius 1 is 1.26 bits per heavy atom. The van der Waals surface area contributed by atoms with E-state index in [9.17, 15) is 15.0 Å². The topological polar surface area (TPSA) is 99.9 Å². The number of nitrogens with one attached hydrogen (secondary N) is 1. The Morgan fingerprint density at radius 3 is 2.60 bits per heavy atom. The number of carbonyl (C=O) groups excluding carboxylic acids is 1. The molecule has 4 rings (SSSR count). The highest BCUT2D eigenvalue weighted by Crippen LogP contribution is 2.29.